The van der Waals surface area contributed by atoms with E-state index >= 15 is 0 Å². The second-order valence-electron chi connectivity index (χ2n) is 3.01. The van der Waals surface area contributed by atoms with Crippen LogP contribution in [0.3, 0.4) is 0 Å². The number of carbonyl (C=O) groups excluding carboxylic acids is 1. The van der Waals surface area contributed by atoms with E-state index in [9.17, 15) is 4.79 Å². The number of esters is 1. The number of ether oxygens (including phenoxy) is 1. The minimum atomic E-state index is -0.521. The lowest BCUT2D eigenvalue weighted by Crippen LogP contribution is -2.14. The summed E-state index contributed by atoms with van der Waals surface area (Å²) in [6.45, 7) is 3.53. The summed E-state index contributed by atoms with van der Waals surface area (Å²) in [4.78, 5) is 19.5. The van der Waals surface area contributed by atoms with Gasteiger partial charge in [0.05, 0.1) is 17.3 Å². The van der Waals surface area contributed by atoms with Crippen molar-refractivity contribution in [3.05, 3.63) is 16.9 Å². The van der Waals surface area contributed by atoms with Crippen molar-refractivity contribution < 1.29 is 9.53 Å². The van der Waals surface area contributed by atoms with Gasteiger partial charge in [-0.3, -0.25) is 0 Å². The van der Waals surface area contributed by atoms with Crippen molar-refractivity contribution >= 4 is 29.3 Å². The molecular formula is C9H11ClN2O2S. The first-order valence-electron chi connectivity index (χ1n) is 4.32. The van der Waals surface area contributed by atoms with Gasteiger partial charge in [0.15, 0.2) is 10.9 Å². The van der Waals surface area contributed by atoms with Gasteiger partial charge >= 0.3 is 5.97 Å². The van der Waals surface area contributed by atoms with E-state index in [0.717, 1.165) is 0 Å². The molecule has 15 heavy (non-hydrogen) atoms. The van der Waals surface area contributed by atoms with Crippen molar-refractivity contribution in [1.29, 1.82) is 0 Å². The van der Waals surface area contributed by atoms with Gasteiger partial charge in [0, 0.05) is 0 Å². The molecule has 0 aromatic carbocycles. The highest BCUT2D eigenvalue weighted by molar-refractivity contribution is 7.98. The van der Waals surface area contributed by atoms with E-state index in [4.69, 9.17) is 16.3 Å². The summed E-state index contributed by atoms with van der Waals surface area (Å²) < 4.78 is 4.99. The van der Waals surface area contributed by atoms with Crippen molar-refractivity contribution in [3.8, 4) is 0 Å². The maximum Gasteiger partial charge on any atom is 0.358 e. The molecule has 1 heterocycles. The number of thioether (sulfide) groups is 1. The van der Waals surface area contributed by atoms with Crippen LogP contribution in [-0.2, 0) is 4.74 Å². The standard InChI is InChI=1S/C9H11ClN2O2S/c1-5(2)14-8(13)7-6(10)4-11-9(12-7)15-3/h4-5H,1-3H3. The number of nitrogens with zero attached hydrogens (tertiary/aromatic N) is 2. The molecule has 0 amide bonds. The molecule has 0 bridgehead atoms. The first-order valence-corrected chi connectivity index (χ1v) is 5.92. The zero-order valence-electron chi connectivity index (χ0n) is 8.65. The fraction of sp³-hybridized carbons (Fsp3) is 0.444. The van der Waals surface area contributed by atoms with E-state index in [1.165, 1.54) is 18.0 Å². The second-order valence-corrected chi connectivity index (χ2v) is 4.19. The summed E-state index contributed by atoms with van der Waals surface area (Å²) in [5, 5.41) is 0.702. The first-order chi connectivity index (χ1) is 7.04. The molecular weight excluding hydrogens is 236 g/mol. The number of halogens is 1. The molecule has 0 unspecified atom stereocenters. The topological polar surface area (TPSA) is 52.1 Å². The summed E-state index contributed by atoms with van der Waals surface area (Å²) in [5.41, 5.74) is 0.115. The molecule has 6 heteroatoms. The maximum atomic E-state index is 11.5. The normalized spacial score (nSPS) is 10.5. The average Bonchev–Trinajstić information content (AvgIpc) is 2.17. The zero-order chi connectivity index (χ0) is 11.4. The number of rotatable bonds is 3. The van der Waals surface area contributed by atoms with Gasteiger partial charge in [-0.1, -0.05) is 23.4 Å². The van der Waals surface area contributed by atoms with Crippen LogP contribution in [0, 0.1) is 0 Å². The van der Waals surface area contributed by atoms with Crippen LogP contribution in [-0.4, -0.2) is 28.3 Å². The van der Waals surface area contributed by atoms with E-state index in [0.29, 0.717) is 5.16 Å². The van der Waals surface area contributed by atoms with E-state index in [-0.39, 0.29) is 16.8 Å². The van der Waals surface area contributed by atoms with E-state index < -0.39 is 5.97 Å². The highest BCUT2D eigenvalue weighted by Gasteiger charge is 2.16. The van der Waals surface area contributed by atoms with E-state index in [1.54, 1.807) is 13.8 Å². The number of aromatic nitrogens is 2. The van der Waals surface area contributed by atoms with E-state index in [2.05, 4.69) is 9.97 Å². The summed E-state index contributed by atoms with van der Waals surface area (Å²) >= 11 is 7.14. The molecule has 0 atom stereocenters. The van der Waals surface area contributed by atoms with Crippen LogP contribution in [0.5, 0.6) is 0 Å². The van der Waals surface area contributed by atoms with Crippen LogP contribution in [0.25, 0.3) is 0 Å². The van der Waals surface area contributed by atoms with Gasteiger partial charge in [0.2, 0.25) is 0 Å². The minimum absolute atomic E-state index is 0.115. The lowest BCUT2D eigenvalue weighted by atomic mass is 10.4. The summed E-state index contributed by atoms with van der Waals surface area (Å²) in [6.07, 6.45) is 3.03. The van der Waals surface area contributed by atoms with Crippen molar-refractivity contribution in [1.82, 2.24) is 9.97 Å². The molecule has 1 rings (SSSR count). The predicted octanol–water partition coefficient (Wildman–Crippen LogP) is 2.42. The monoisotopic (exact) mass is 246 g/mol. The van der Waals surface area contributed by atoms with Gasteiger partial charge in [-0.2, -0.15) is 0 Å². The molecule has 0 fully saturated rings. The molecule has 0 radical (unpaired) electrons. The van der Waals surface area contributed by atoms with Crippen LogP contribution in [0.15, 0.2) is 11.4 Å². The van der Waals surface area contributed by atoms with Gasteiger partial charge in [-0.25, -0.2) is 14.8 Å². The molecule has 1 aromatic heterocycles. The fourth-order valence-corrected chi connectivity index (χ4v) is 1.37. The lowest BCUT2D eigenvalue weighted by molar-refractivity contribution is 0.0370. The highest BCUT2D eigenvalue weighted by atomic mass is 35.5. The summed E-state index contributed by atoms with van der Waals surface area (Å²) in [7, 11) is 0. The largest absolute Gasteiger partial charge is 0.458 e. The number of hydrogen-bond acceptors (Lipinski definition) is 5. The molecule has 0 saturated carbocycles. The first kappa shape index (κ1) is 12.3. The van der Waals surface area contributed by atoms with Gasteiger partial charge in [0.25, 0.3) is 0 Å². The van der Waals surface area contributed by atoms with Crippen LogP contribution in [0.4, 0.5) is 0 Å². The Hall–Kier alpha value is -0.810. The second kappa shape index (κ2) is 5.32. The number of hydrogen-bond donors (Lipinski definition) is 0. The SMILES string of the molecule is CSc1ncc(Cl)c(C(=O)OC(C)C)n1. The van der Waals surface area contributed by atoms with Crippen LogP contribution in [0.2, 0.25) is 5.02 Å². The van der Waals surface area contributed by atoms with Crippen LogP contribution >= 0.6 is 23.4 Å². The maximum absolute atomic E-state index is 11.5. The van der Waals surface area contributed by atoms with Crippen molar-refractivity contribution in [3.63, 3.8) is 0 Å². The fourth-order valence-electron chi connectivity index (χ4n) is 0.862. The smallest absolute Gasteiger partial charge is 0.358 e. The molecule has 82 valence electrons. The van der Waals surface area contributed by atoms with Gasteiger partial charge < -0.3 is 4.74 Å². The third-order valence-corrected chi connectivity index (χ3v) is 2.28. The Bertz CT molecular complexity index is 371. The molecule has 0 saturated heterocycles. The van der Waals surface area contributed by atoms with Crippen LogP contribution < -0.4 is 0 Å². The molecule has 1 aromatic rings. The Balaban J connectivity index is 2.96. The predicted molar refractivity (Wildman–Crippen MR) is 59.4 cm³/mol. The highest BCUT2D eigenvalue weighted by Crippen LogP contribution is 2.17. The number of carbonyl (C=O) groups is 1. The summed E-state index contributed by atoms with van der Waals surface area (Å²) in [5.74, 6) is -0.521. The third-order valence-electron chi connectivity index (χ3n) is 1.44. The Labute approximate surface area is 97.4 Å². The summed E-state index contributed by atoms with van der Waals surface area (Å²) in [6, 6.07) is 0. The lowest BCUT2D eigenvalue weighted by Gasteiger charge is -2.08. The van der Waals surface area contributed by atoms with Crippen molar-refractivity contribution in [2.75, 3.05) is 6.26 Å². The molecule has 0 aliphatic rings. The Morgan fingerprint density at radius 1 is 1.60 bits per heavy atom. The van der Waals surface area contributed by atoms with Crippen LogP contribution in [0.1, 0.15) is 24.3 Å². The van der Waals surface area contributed by atoms with Gasteiger partial charge in [0.1, 0.15) is 0 Å². The molecule has 0 aliphatic heterocycles. The molecule has 0 spiro atoms. The Morgan fingerprint density at radius 3 is 2.80 bits per heavy atom. The molecule has 4 nitrogen and oxygen atoms in total. The minimum Gasteiger partial charge on any atom is -0.458 e. The van der Waals surface area contributed by atoms with Crippen molar-refractivity contribution in [2.24, 2.45) is 0 Å². The Morgan fingerprint density at radius 2 is 2.27 bits per heavy atom. The van der Waals surface area contributed by atoms with Crippen molar-refractivity contribution in [2.45, 2.75) is 25.1 Å². The van der Waals surface area contributed by atoms with Gasteiger partial charge in [-0.05, 0) is 20.1 Å². The Kier molecular flexibility index (Phi) is 4.35. The average molecular weight is 247 g/mol. The van der Waals surface area contributed by atoms with E-state index in [1.807, 2.05) is 6.26 Å². The quantitative estimate of drug-likeness (QED) is 0.466. The third kappa shape index (κ3) is 3.35. The van der Waals surface area contributed by atoms with Gasteiger partial charge in [-0.15, -0.1) is 0 Å². The molecule has 0 aliphatic carbocycles. The molecule has 0 N–H and O–H groups in total. The zero-order valence-corrected chi connectivity index (χ0v) is 10.2.